The van der Waals surface area contributed by atoms with Crippen LogP contribution in [-0.4, -0.2) is 25.0 Å². The summed E-state index contributed by atoms with van der Waals surface area (Å²) in [5.74, 6) is 0.495. The summed E-state index contributed by atoms with van der Waals surface area (Å²) in [5, 5.41) is 9.09. The molecule has 3 aromatic heterocycles. The smallest absolute Gasteiger partial charge is 0.274 e. The topological polar surface area (TPSA) is 72.7 Å². The van der Waals surface area contributed by atoms with E-state index in [-0.39, 0.29) is 5.91 Å². The van der Waals surface area contributed by atoms with Crippen LogP contribution in [0.15, 0.2) is 42.2 Å². The molecule has 0 atom stereocenters. The lowest BCUT2D eigenvalue weighted by molar-refractivity contribution is 0.102. The third-order valence-electron chi connectivity index (χ3n) is 4.27. The van der Waals surface area contributed by atoms with Crippen LogP contribution < -0.4 is 5.32 Å². The van der Waals surface area contributed by atoms with Crippen molar-refractivity contribution in [3.05, 3.63) is 47.9 Å². The SMILES string of the molecule is O=C(Nc1cnn(CC2CCC2)c1)c1cccc(-c2cnsc2)n1. The summed E-state index contributed by atoms with van der Waals surface area (Å²) in [6, 6.07) is 5.41. The Morgan fingerprint density at radius 2 is 2.25 bits per heavy atom. The summed E-state index contributed by atoms with van der Waals surface area (Å²) in [7, 11) is 0. The van der Waals surface area contributed by atoms with Crippen molar-refractivity contribution in [2.45, 2.75) is 25.8 Å². The van der Waals surface area contributed by atoms with Gasteiger partial charge in [-0.05, 0) is 42.4 Å². The third-order valence-corrected chi connectivity index (χ3v) is 4.86. The molecule has 3 aromatic rings. The van der Waals surface area contributed by atoms with Gasteiger partial charge >= 0.3 is 0 Å². The first-order valence-corrected chi connectivity index (χ1v) is 8.82. The number of anilines is 1. The summed E-state index contributed by atoms with van der Waals surface area (Å²) >= 11 is 1.36. The van der Waals surface area contributed by atoms with E-state index in [4.69, 9.17) is 0 Å². The van der Waals surface area contributed by atoms with Crippen molar-refractivity contribution in [3.63, 3.8) is 0 Å². The van der Waals surface area contributed by atoms with E-state index in [0.717, 1.165) is 23.7 Å². The van der Waals surface area contributed by atoms with E-state index >= 15 is 0 Å². The minimum absolute atomic E-state index is 0.233. The molecule has 0 saturated heterocycles. The van der Waals surface area contributed by atoms with Crippen LogP contribution in [0.3, 0.4) is 0 Å². The number of amides is 1. The second kappa shape index (κ2) is 6.52. The van der Waals surface area contributed by atoms with Crippen molar-refractivity contribution < 1.29 is 4.79 Å². The Morgan fingerprint density at radius 1 is 1.33 bits per heavy atom. The number of nitrogens with one attached hydrogen (secondary N) is 1. The summed E-state index contributed by atoms with van der Waals surface area (Å²) in [4.78, 5) is 16.8. The Balaban J connectivity index is 1.45. The zero-order valence-corrected chi connectivity index (χ0v) is 13.9. The van der Waals surface area contributed by atoms with E-state index < -0.39 is 0 Å². The first-order chi connectivity index (χ1) is 11.8. The fourth-order valence-corrected chi connectivity index (χ4v) is 3.25. The van der Waals surface area contributed by atoms with Crippen LogP contribution in [0.4, 0.5) is 5.69 Å². The third kappa shape index (κ3) is 3.21. The molecule has 6 nitrogen and oxygen atoms in total. The van der Waals surface area contributed by atoms with Crippen LogP contribution in [0.2, 0.25) is 0 Å². The molecule has 0 spiro atoms. The van der Waals surface area contributed by atoms with E-state index in [2.05, 4.69) is 19.8 Å². The van der Waals surface area contributed by atoms with Gasteiger partial charge < -0.3 is 5.32 Å². The van der Waals surface area contributed by atoms with Gasteiger partial charge in [-0.15, -0.1) is 0 Å². The normalized spacial score (nSPS) is 14.3. The molecule has 1 amide bonds. The number of carbonyl (C=O) groups excluding carboxylic acids is 1. The van der Waals surface area contributed by atoms with Crippen LogP contribution in [-0.2, 0) is 6.54 Å². The van der Waals surface area contributed by atoms with Crippen LogP contribution >= 0.6 is 11.5 Å². The Hall–Kier alpha value is -2.54. The van der Waals surface area contributed by atoms with Gasteiger partial charge in [0, 0.05) is 23.7 Å². The van der Waals surface area contributed by atoms with E-state index in [0.29, 0.717) is 11.4 Å². The van der Waals surface area contributed by atoms with Crippen molar-refractivity contribution in [2.75, 3.05) is 5.32 Å². The van der Waals surface area contributed by atoms with Crippen LogP contribution in [0.1, 0.15) is 29.8 Å². The average Bonchev–Trinajstić information content (AvgIpc) is 3.23. The number of hydrogen-bond acceptors (Lipinski definition) is 5. The molecule has 24 heavy (non-hydrogen) atoms. The van der Waals surface area contributed by atoms with E-state index in [1.165, 1.54) is 30.8 Å². The van der Waals surface area contributed by atoms with Gasteiger partial charge in [0.05, 0.1) is 23.8 Å². The molecule has 122 valence electrons. The second-order valence-electron chi connectivity index (χ2n) is 6.02. The standard InChI is InChI=1S/C17H17N5OS/c23-17(16-6-2-5-15(21-16)13-7-19-24-11-13)20-14-8-18-22(10-14)9-12-3-1-4-12/h2,5-8,10-12H,1,3-4,9H2,(H,20,23). The van der Waals surface area contributed by atoms with Gasteiger partial charge in [-0.1, -0.05) is 12.5 Å². The van der Waals surface area contributed by atoms with Gasteiger partial charge in [0.1, 0.15) is 5.69 Å². The van der Waals surface area contributed by atoms with E-state index in [9.17, 15) is 4.79 Å². The first-order valence-electron chi connectivity index (χ1n) is 7.98. The lowest BCUT2D eigenvalue weighted by atomic mass is 9.85. The minimum Gasteiger partial charge on any atom is -0.318 e. The Labute approximate surface area is 143 Å². The number of rotatable bonds is 5. The zero-order chi connectivity index (χ0) is 16.4. The number of aromatic nitrogens is 4. The fraction of sp³-hybridized carbons (Fsp3) is 0.294. The predicted octanol–water partition coefficient (Wildman–Crippen LogP) is 3.45. The quantitative estimate of drug-likeness (QED) is 0.773. The number of hydrogen-bond donors (Lipinski definition) is 1. The van der Waals surface area contributed by atoms with Gasteiger partial charge in [-0.25, -0.2) is 9.36 Å². The largest absolute Gasteiger partial charge is 0.318 e. The average molecular weight is 339 g/mol. The molecule has 7 heteroatoms. The Morgan fingerprint density at radius 3 is 3.00 bits per heavy atom. The molecule has 0 aliphatic heterocycles. The van der Waals surface area contributed by atoms with Crippen molar-refractivity contribution in [3.8, 4) is 11.3 Å². The predicted molar refractivity (Wildman–Crippen MR) is 92.9 cm³/mol. The molecular formula is C17H17N5OS. The zero-order valence-electron chi connectivity index (χ0n) is 13.1. The Kier molecular flexibility index (Phi) is 4.08. The maximum Gasteiger partial charge on any atom is 0.274 e. The van der Waals surface area contributed by atoms with Crippen LogP contribution in [0, 0.1) is 5.92 Å². The highest BCUT2D eigenvalue weighted by atomic mass is 32.1. The molecule has 1 N–H and O–H groups in total. The number of pyridine rings is 1. The van der Waals surface area contributed by atoms with Gasteiger partial charge in [0.25, 0.3) is 5.91 Å². The van der Waals surface area contributed by atoms with E-state index in [1.807, 2.05) is 28.4 Å². The highest BCUT2D eigenvalue weighted by Gasteiger charge is 2.18. The molecule has 1 saturated carbocycles. The summed E-state index contributed by atoms with van der Waals surface area (Å²) < 4.78 is 5.97. The minimum atomic E-state index is -0.233. The first kappa shape index (κ1) is 15.0. The number of carbonyl (C=O) groups is 1. The highest BCUT2D eigenvalue weighted by Crippen LogP contribution is 2.27. The number of nitrogens with zero attached hydrogens (tertiary/aromatic N) is 4. The monoisotopic (exact) mass is 339 g/mol. The molecule has 1 aliphatic rings. The molecule has 3 heterocycles. The summed E-state index contributed by atoms with van der Waals surface area (Å²) in [6.45, 7) is 0.925. The molecule has 0 radical (unpaired) electrons. The lowest BCUT2D eigenvalue weighted by Gasteiger charge is -2.24. The molecule has 0 unspecified atom stereocenters. The lowest BCUT2D eigenvalue weighted by Crippen LogP contribution is -2.18. The van der Waals surface area contributed by atoms with E-state index in [1.54, 1.807) is 18.5 Å². The summed E-state index contributed by atoms with van der Waals surface area (Å²) in [6.07, 6.45) is 9.17. The van der Waals surface area contributed by atoms with Gasteiger partial charge in [-0.3, -0.25) is 9.48 Å². The van der Waals surface area contributed by atoms with Crippen molar-refractivity contribution in [2.24, 2.45) is 5.92 Å². The maximum absolute atomic E-state index is 12.4. The molecule has 4 rings (SSSR count). The molecule has 1 fully saturated rings. The maximum atomic E-state index is 12.4. The fourth-order valence-electron chi connectivity index (χ4n) is 2.72. The molecule has 1 aliphatic carbocycles. The molecule has 0 bridgehead atoms. The second-order valence-corrected chi connectivity index (χ2v) is 6.68. The van der Waals surface area contributed by atoms with Gasteiger partial charge in [0.15, 0.2) is 0 Å². The van der Waals surface area contributed by atoms with Gasteiger partial charge in [0.2, 0.25) is 0 Å². The van der Waals surface area contributed by atoms with Crippen LogP contribution in [0.5, 0.6) is 0 Å². The van der Waals surface area contributed by atoms with Crippen LogP contribution in [0.25, 0.3) is 11.3 Å². The van der Waals surface area contributed by atoms with Gasteiger partial charge in [-0.2, -0.15) is 5.10 Å². The molecule has 0 aromatic carbocycles. The van der Waals surface area contributed by atoms with Crippen molar-refractivity contribution in [1.29, 1.82) is 0 Å². The molecular weight excluding hydrogens is 322 g/mol. The van der Waals surface area contributed by atoms with Crippen molar-refractivity contribution in [1.82, 2.24) is 19.1 Å². The highest BCUT2D eigenvalue weighted by molar-refractivity contribution is 7.03. The Bertz CT molecular complexity index is 838. The van der Waals surface area contributed by atoms with Crippen molar-refractivity contribution >= 4 is 23.1 Å². The summed E-state index contributed by atoms with van der Waals surface area (Å²) in [5.41, 5.74) is 2.74.